The lowest BCUT2D eigenvalue weighted by atomic mass is 9.83. The smallest absolute Gasteiger partial charge is 0.417 e. The number of halogens is 4. The summed E-state index contributed by atoms with van der Waals surface area (Å²) in [5.74, 6) is 0.910. The number of unbranched alkanes of at least 4 members (excludes halogenated alkanes) is 1. The molecule has 0 unspecified atom stereocenters. The van der Waals surface area contributed by atoms with Crippen molar-refractivity contribution in [3.8, 4) is 5.75 Å². The molecule has 1 fully saturated rings. The predicted octanol–water partition coefficient (Wildman–Crippen LogP) is 6.18. The van der Waals surface area contributed by atoms with Crippen LogP contribution in [-0.4, -0.2) is 55.2 Å². The second-order valence-corrected chi connectivity index (χ2v) is 10.2. The van der Waals surface area contributed by atoms with Crippen molar-refractivity contribution in [2.75, 3.05) is 40.3 Å². The van der Waals surface area contributed by atoms with E-state index in [1.165, 1.54) is 23.3 Å². The second kappa shape index (κ2) is 11.5. The lowest BCUT2D eigenvalue weighted by molar-refractivity contribution is -0.137. The molecule has 0 saturated carbocycles. The summed E-state index contributed by atoms with van der Waals surface area (Å²) in [5.41, 5.74) is 1.58. The maximum Gasteiger partial charge on any atom is 0.417 e. The van der Waals surface area contributed by atoms with Crippen molar-refractivity contribution in [1.82, 2.24) is 9.80 Å². The third-order valence-corrected chi connectivity index (χ3v) is 7.32. The molecule has 1 N–H and O–H groups in total. The van der Waals surface area contributed by atoms with Crippen LogP contribution in [0, 0.1) is 13.8 Å². The maximum atomic E-state index is 13.3. The SMILES string of the molecule is Cc1c(CN2CCC(O)(c3ccc(Cl)c(C(F)(F)F)c3)CC2)ccc(OCCCCN(C)C)c1C. The number of aliphatic hydroxyl groups is 1. The zero-order chi connectivity index (χ0) is 25.8. The molecule has 0 aromatic heterocycles. The fraction of sp³-hybridized carbons (Fsp3) is 0.556. The van der Waals surface area contributed by atoms with E-state index >= 15 is 0 Å². The van der Waals surface area contributed by atoms with E-state index in [1.807, 2.05) is 6.07 Å². The molecule has 194 valence electrons. The normalized spacial score (nSPS) is 16.6. The van der Waals surface area contributed by atoms with Crippen molar-refractivity contribution < 1.29 is 23.0 Å². The molecule has 8 heteroatoms. The van der Waals surface area contributed by atoms with Crippen molar-refractivity contribution in [3.05, 3.63) is 63.2 Å². The molecule has 4 nitrogen and oxygen atoms in total. The minimum Gasteiger partial charge on any atom is -0.493 e. The second-order valence-electron chi connectivity index (χ2n) is 9.83. The van der Waals surface area contributed by atoms with Gasteiger partial charge < -0.3 is 14.7 Å². The van der Waals surface area contributed by atoms with Crippen LogP contribution in [0.1, 0.15) is 53.5 Å². The molecule has 0 amide bonds. The lowest BCUT2D eigenvalue weighted by Crippen LogP contribution is -2.42. The van der Waals surface area contributed by atoms with Gasteiger partial charge in [0.25, 0.3) is 0 Å². The summed E-state index contributed by atoms with van der Waals surface area (Å²) in [5, 5.41) is 10.8. The van der Waals surface area contributed by atoms with E-state index in [0.717, 1.165) is 43.3 Å². The highest BCUT2D eigenvalue weighted by Gasteiger charge is 2.38. The molecule has 0 atom stereocenters. The average Bonchev–Trinajstić information content (AvgIpc) is 2.79. The van der Waals surface area contributed by atoms with Crippen LogP contribution in [0.2, 0.25) is 5.02 Å². The average molecular weight is 513 g/mol. The van der Waals surface area contributed by atoms with Gasteiger partial charge in [0.05, 0.1) is 22.8 Å². The van der Waals surface area contributed by atoms with Gasteiger partial charge in [0.1, 0.15) is 5.75 Å². The van der Waals surface area contributed by atoms with Gasteiger partial charge in [-0.15, -0.1) is 0 Å². The molecule has 1 saturated heterocycles. The predicted molar refractivity (Wildman–Crippen MR) is 134 cm³/mol. The van der Waals surface area contributed by atoms with Crippen molar-refractivity contribution in [1.29, 1.82) is 0 Å². The summed E-state index contributed by atoms with van der Waals surface area (Å²) < 4.78 is 45.8. The van der Waals surface area contributed by atoms with Crippen LogP contribution in [0.5, 0.6) is 5.75 Å². The first-order valence-electron chi connectivity index (χ1n) is 12.1. The number of rotatable bonds is 9. The Hall–Kier alpha value is -1.80. The van der Waals surface area contributed by atoms with Crippen LogP contribution in [0.4, 0.5) is 13.2 Å². The molecule has 35 heavy (non-hydrogen) atoms. The monoisotopic (exact) mass is 512 g/mol. The van der Waals surface area contributed by atoms with Crippen LogP contribution in [0.3, 0.4) is 0 Å². The molecule has 1 aliphatic heterocycles. The van der Waals surface area contributed by atoms with Gasteiger partial charge in [-0.1, -0.05) is 23.7 Å². The van der Waals surface area contributed by atoms with E-state index in [9.17, 15) is 18.3 Å². The van der Waals surface area contributed by atoms with E-state index in [0.29, 0.717) is 32.5 Å². The van der Waals surface area contributed by atoms with Crippen molar-refractivity contribution in [2.45, 2.75) is 57.9 Å². The molecule has 1 aliphatic rings. The van der Waals surface area contributed by atoms with E-state index in [-0.39, 0.29) is 10.6 Å². The van der Waals surface area contributed by atoms with Gasteiger partial charge in [-0.2, -0.15) is 13.2 Å². The minimum absolute atomic E-state index is 0.271. The van der Waals surface area contributed by atoms with Crippen molar-refractivity contribution in [2.24, 2.45) is 0 Å². The molecular weight excluding hydrogens is 477 g/mol. The molecule has 0 bridgehead atoms. The highest BCUT2D eigenvalue weighted by molar-refractivity contribution is 6.31. The highest BCUT2D eigenvalue weighted by atomic mass is 35.5. The van der Waals surface area contributed by atoms with Gasteiger partial charge in [0.15, 0.2) is 0 Å². The number of likely N-dealkylation sites (tertiary alicyclic amines) is 1. The van der Waals surface area contributed by atoms with Crippen molar-refractivity contribution in [3.63, 3.8) is 0 Å². The molecular formula is C27H36ClF3N2O2. The summed E-state index contributed by atoms with van der Waals surface area (Å²) in [4.78, 5) is 4.40. The fourth-order valence-electron chi connectivity index (χ4n) is 4.53. The highest BCUT2D eigenvalue weighted by Crippen LogP contribution is 2.40. The molecule has 0 spiro atoms. The first-order valence-corrected chi connectivity index (χ1v) is 12.5. The molecule has 3 rings (SSSR count). The van der Waals surface area contributed by atoms with Crippen LogP contribution >= 0.6 is 11.6 Å². The Bertz CT molecular complexity index is 1000. The Morgan fingerprint density at radius 2 is 1.74 bits per heavy atom. The van der Waals surface area contributed by atoms with Crippen LogP contribution in [0.25, 0.3) is 0 Å². The van der Waals surface area contributed by atoms with Gasteiger partial charge in [0, 0.05) is 19.6 Å². The quantitative estimate of drug-likeness (QED) is 0.407. The molecule has 2 aromatic rings. The minimum atomic E-state index is -4.55. The third-order valence-electron chi connectivity index (χ3n) is 6.99. The largest absolute Gasteiger partial charge is 0.493 e. The van der Waals surface area contributed by atoms with Gasteiger partial charge in [0.2, 0.25) is 0 Å². The van der Waals surface area contributed by atoms with Crippen LogP contribution in [-0.2, 0) is 18.3 Å². The number of alkyl halides is 3. The fourth-order valence-corrected chi connectivity index (χ4v) is 4.76. The van der Waals surface area contributed by atoms with Crippen molar-refractivity contribution >= 4 is 11.6 Å². The number of ether oxygens (including phenoxy) is 1. The van der Waals surface area contributed by atoms with Gasteiger partial charge in [-0.05, 0) is 101 Å². The number of hydrogen-bond acceptors (Lipinski definition) is 4. The van der Waals surface area contributed by atoms with E-state index in [4.69, 9.17) is 16.3 Å². The topological polar surface area (TPSA) is 35.9 Å². The Morgan fingerprint density at radius 3 is 2.37 bits per heavy atom. The first kappa shape index (κ1) is 27.8. The number of benzene rings is 2. The number of piperidine rings is 1. The zero-order valence-electron chi connectivity index (χ0n) is 21.0. The van der Waals surface area contributed by atoms with E-state index < -0.39 is 17.3 Å². The Labute approximate surface area is 211 Å². The first-order chi connectivity index (χ1) is 16.4. The number of hydrogen-bond donors (Lipinski definition) is 1. The maximum absolute atomic E-state index is 13.3. The van der Waals surface area contributed by atoms with Gasteiger partial charge in [-0.3, -0.25) is 4.90 Å². The number of nitrogens with zero attached hydrogens (tertiary/aromatic N) is 2. The van der Waals surface area contributed by atoms with Crippen LogP contribution in [0.15, 0.2) is 30.3 Å². The molecule has 0 radical (unpaired) electrons. The molecule has 0 aliphatic carbocycles. The summed E-state index contributed by atoms with van der Waals surface area (Å²) in [6.07, 6.45) is -1.73. The summed E-state index contributed by atoms with van der Waals surface area (Å²) in [7, 11) is 4.13. The van der Waals surface area contributed by atoms with Crippen LogP contribution < -0.4 is 4.74 Å². The summed E-state index contributed by atoms with van der Waals surface area (Å²) in [6, 6.07) is 7.83. The summed E-state index contributed by atoms with van der Waals surface area (Å²) in [6.45, 7) is 7.80. The Kier molecular flexibility index (Phi) is 9.13. The van der Waals surface area contributed by atoms with E-state index in [1.54, 1.807) is 0 Å². The molecule has 2 aromatic carbocycles. The Balaban J connectivity index is 1.59. The Morgan fingerprint density at radius 1 is 1.06 bits per heavy atom. The van der Waals surface area contributed by atoms with Gasteiger partial charge in [-0.25, -0.2) is 0 Å². The van der Waals surface area contributed by atoms with Gasteiger partial charge >= 0.3 is 6.18 Å². The standard InChI is InChI=1S/C27H36ClF3N2O2/c1-19-20(2)25(35-16-6-5-13-32(3)4)10-7-21(19)18-33-14-11-26(34,12-15-33)22-8-9-24(28)23(17-22)27(29,30)31/h7-10,17,34H,5-6,11-16,18H2,1-4H3. The summed E-state index contributed by atoms with van der Waals surface area (Å²) >= 11 is 5.75. The lowest BCUT2D eigenvalue weighted by Gasteiger charge is -2.39. The molecule has 1 heterocycles. The van der Waals surface area contributed by atoms with E-state index in [2.05, 4.69) is 43.8 Å². The zero-order valence-corrected chi connectivity index (χ0v) is 21.8. The third kappa shape index (κ3) is 7.13.